The molecule has 1 unspecified atom stereocenters. The number of benzene rings is 1. The second kappa shape index (κ2) is 5.17. The molecule has 0 radical (unpaired) electrons. The van der Waals surface area contributed by atoms with Crippen LogP contribution in [0.4, 0.5) is 4.39 Å². The number of hydrogen-bond donors (Lipinski definition) is 1. The Morgan fingerprint density at radius 1 is 1.41 bits per heavy atom. The van der Waals surface area contributed by atoms with Gasteiger partial charge in [-0.3, -0.25) is 0 Å². The molecule has 1 aromatic heterocycles. The van der Waals surface area contributed by atoms with Gasteiger partial charge in [-0.05, 0) is 47.2 Å². The molecule has 1 atom stereocenters. The highest BCUT2D eigenvalue weighted by Crippen LogP contribution is 2.32. The van der Waals surface area contributed by atoms with Crippen molar-refractivity contribution in [2.45, 2.75) is 12.8 Å². The summed E-state index contributed by atoms with van der Waals surface area (Å²) < 4.78 is 13.1. The molecule has 2 aromatic rings. The highest BCUT2D eigenvalue weighted by Gasteiger charge is 2.09. The summed E-state index contributed by atoms with van der Waals surface area (Å²) >= 11 is 7.39. The number of halogens is 2. The minimum absolute atomic E-state index is 0.157. The van der Waals surface area contributed by atoms with E-state index in [4.69, 9.17) is 17.3 Å². The number of nitrogens with two attached hydrogens (primary N) is 1. The molecule has 0 aliphatic carbocycles. The van der Waals surface area contributed by atoms with Gasteiger partial charge in [-0.2, -0.15) is 0 Å². The summed E-state index contributed by atoms with van der Waals surface area (Å²) in [5, 5.41) is 2.24. The van der Waals surface area contributed by atoms with Gasteiger partial charge in [0.1, 0.15) is 5.82 Å². The van der Waals surface area contributed by atoms with Crippen molar-refractivity contribution in [2.75, 3.05) is 6.54 Å². The Hall–Kier alpha value is -0.900. The highest BCUT2D eigenvalue weighted by atomic mass is 35.5. The molecular formula is C13H13ClFNS. The van der Waals surface area contributed by atoms with E-state index in [2.05, 4.69) is 18.4 Å². The maximum atomic E-state index is 13.1. The molecule has 0 saturated carbocycles. The molecule has 1 nitrogen and oxygen atoms in total. The molecule has 2 N–H and O–H groups in total. The zero-order chi connectivity index (χ0) is 12.4. The topological polar surface area (TPSA) is 26.0 Å². The first kappa shape index (κ1) is 12.6. The number of thiophene rings is 1. The van der Waals surface area contributed by atoms with Crippen LogP contribution in [0.2, 0.25) is 5.02 Å². The van der Waals surface area contributed by atoms with Crippen LogP contribution in [0.3, 0.4) is 0 Å². The second-order valence-electron chi connectivity index (χ2n) is 4.01. The molecule has 1 aromatic carbocycles. The van der Waals surface area contributed by atoms with Crippen LogP contribution in [0.1, 0.15) is 18.4 Å². The molecule has 0 fully saturated rings. The van der Waals surface area contributed by atoms with Gasteiger partial charge in [0, 0.05) is 4.88 Å². The largest absolute Gasteiger partial charge is 0.330 e. The Morgan fingerprint density at radius 3 is 2.82 bits per heavy atom. The van der Waals surface area contributed by atoms with Crippen molar-refractivity contribution in [1.29, 1.82) is 0 Å². The average molecular weight is 270 g/mol. The van der Waals surface area contributed by atoms with E-state index < -0.39 is 0 Å². The summed E-state index contributed by atoms with van der Waals surface area (Å²) in [6.45, 7) is 2.71. The van der Waals surface area contributed by atoms with Crippen LogP contribution in [-0.4, -0.2) is 6.54 Å². The van der Waals surface area contributed by atoms with Crippen LogP contribution in [0.5, 0.6) is 0 Å². The fourth-order valence-corrected chi connectivity index (χ4v) is 2.76. The third-order valence-corrected chi connectivity index (χ3v) is 4.03. The quantitative estimate of drug-likeness (QED) is 0.885. The standard InChI is InChI=1S/C13H13ClFNS/c1-8(6-16)10-5-13(17-7-10)9-2-3-12(15)11(14)4-9/h2-5,7-8H,6,16H2,1H3. The summed E-state index contributed by atoms with van der Waals surface area (Å²) in [5.74, 6) is -0.0431. The molecular weight excluding hydrogens is 257 g/mol. The molecule has 1 heterocycles. The molecule has 0 aliphatic heterocycles. The number of hydrogen-bond acceptors (Lipinski definition) is 2. The zero-order valence-corrected chi connectivity index (χ0v) is 11.0. The second-order valence-corrected chi connectivity index (χ2v) is 5.33. The van der Waals surface area contributed by atoms with Crippen molar-refractivity contribution in [1.82, 2.24) is 0 Å². The van der Waals surface area contributed by atoms with Gasteiger partial charge in [0.2, 0.25) is 0 Å². The smallest absolute Gasteiger partial charge is 0.141 e. The van der Waals surface area contributed by atoms with Crippen LogP contribution in [-0.2, 0) is 0 Å². The third-order valence-electron chi connectivity index (χ3n) is 2.75. The monoisotopic (exact) mass is 269 g/mol. The van der Waals surface area contributed by atoms with Crippen molar-refractivity contribution in [3.05, 3.63) is 46.0 Å². The van der Waals surface area contributed by atoms with Gasteiger partial charge >= 0.3 is 0 Å². The van der Waals surface area contributed by atoms with Crippen LogP contribution in [0.15, 0.2) is 29.6 Å². The Balaban J connectivity index is 2.33. The highest BCUT2D eigenvalue weighted by molar-refractivity contribution is 7.13. The first-order valence-electron chi connectivity index (χ1n) is 5.35. The lowest BCUT2D eigenvalue weighted by molar-refractivity contribution is 0.628. The van der Waals surface area contributed by atoms with E-state index in [1.54, 1.807) is 23.5 Å². The van der Waals surface area contributed by atoms with E-state index in [-0.39, 0.29) is 10.8 Å². The van der Waals surface area contributed by atoms with Gasteiger partial charge in [-0.15, -0.1) is 11.3 Å². The van der Waals surface area contributed by atoms with Crippen LogP contribution in [0, 0.1) is 5.82 Å². The summed E-state index contributed by atoms with van der Waals surface area (Å²) in [5.41, 5.74) is 7.79. The SMILES string of the molecule is CC(CN)c1csc(-c2ccc(F)c(Cl)c2)c1. The van der Waals surface area contributed by atoms with Gasteiger partial charge in [0.15, 0.2) is 0 Å². The fraction of sp³-hybridized carbons (Fsp3) is 0.231. The Morgan fingerprint density at radius 2 is 2.18 bits per heavy atom. The van der Waals surface area contributed by atoms with E-state index in [9.17, 15) is 4.39 Å². The van der Waals surface area contributed by atoms with Crippen LogP contribution >= 0.6 is 22.9 Å². The lowest BCUT2D eigenvalue weighted by atomic mass is 10.0. The van der Waals surface area contributed by atoms with E-state index in [0.29, 0.717) is 12.5 Å². The minimum Gasteiger partial charge on any atom is -0.330 e. The first-order chi connectivity index (χ1) is 8.11. The molecule has 0 bridgehead atoms. The summed E-state index contributed by atoms with van der Waals surface area (Å²) in [6.07, 6.45) is 0. The van der Waals surface area contributed by atoms with E-state index in [1.807, 2.05) is 0 Å². The molecule has 17 heavy (non-hydrogen) atoms. The van der Waals surface area contributed by atoms with Crippen LogP contribution < -0.4 is 5.73 Å². The van der Waals surface area contributed by atoms with E-state index >= 15 is 0 Å². The number of rotatable bonds is 3. The van der Waals surface area contributed by atoms with Gasteiger partial charge in [-0.1, -0.05) is 24.6 Å². The van der Waals surface area contributed by atoms with Crippen molar-refractivity contribution in [3.63, 3.8) is 0 Å². The van der Waals surface area contributed by atoms with E-state index in [1.165, 1.54) is 11.6 Å². The Kier molecular flexibility index (Phi) is 3.82. The lowest BCUT2D eigenvalue weighted by Gasteiger charge is -2.04. The predicted octanol–water partition coefficient (Wildman–Crippen LogP) is 4.27. The molecule has 0 saturated heterocycles. The maximum absolute atomic E-state index is 13.1. The van der Waals surface area contributed by atoms with Gasteiger partial charge in [0.25, 0.3) is 0 Å². The Labute approximate surface area is 109 Å². The lowest BCUT2D eigenvalue weighted by Crippen LogP contribution is -2.07. The summed E-state index contributed by atoms with van der Waals surface area (Å²) in [7, 11) is 0. The van der Waals surface area contributed by atoms with Crippen molar-refractivity contribution < 1.29 is 4.39 Å². The fourth-order valence-electron chi connectivity index (χ4n) is 1.55. The molecule has 90 valence electrons. The molecule has 0 aliphatic rings. The summed E-state index contributed by atoms with van der Waals surface area (Å²) in [4.78, 5) is 1.09. The molecule has 0 amide bonds. The predicted molar refractivity (Wildman–Crippen MR) is 72.2 cm³/mol. The van der Waals surface area contributed by atoms with Crippen LogP contribution in [0.25, 0.3) is 10.4 Å². The van der Waals surface area contributed by atoms with Crippen molar-refractivity contribution in [2.24, 2.45) is 5.73 Å². The van der Waals surface area contributed by atoms with Crippen molar-refractivity contribution in [3.8, 4) is 10.4 Å². The van der Waals surface area contributed by atoms with E-state index in [0.717, 1.165) is 10.4 Å². The zero-order valence-electron chi connectivity index (χ0n) is 9.41. The normalized spacial score (nSPS) is 12.7. The minimum atomic E-state index is -0.387. The van der Waals surface area contributed by atoms with Gasteiger partial charge in [-0.25, -0.2) is 4.39 Å². The van der Waals surface area contributed by atoms with Crippen molar-refractivity contribution >= 4 is 22.9 Å². The molecule has 0 spiro atoms. The third kappa shape index (κ3) is 2.68. The first-order valence-corrected chi connectivity index (χ1v) is 6.61. The summed E-state index contributed by atoms with van der Waals surface area (Å²) in [6, 6.07) is 6.87. The molecule has 2 rings (SSSR count). The Bertz CT molecular complexity index is 524. The average Bonchev–Trinajstić information content (AvgIpc) is 2.81. The molecule has 4 heteroatoms. The maximum Gasteiger partial charge on any atom is 0.141 e. The van der Waals surface area contributed by atoms with Gasteiger partial charge in [0.05, 0.1) is 5.02 Å². The van der Waals surface area contributed by atoms with Gasteiger partial charge < -0.3 is 5.73 Å².